The normalized spacial score (nSPS) is 22.5. The molecule has 0 aliphatic carbocycles. The number of carbonyl (C=O) groups is 1. The van der Waals surface area contributed by atoms with Crippen molar-refractivity contribution < 1.29 is 9.90 Å². The zero-order valence-corrected chi connectivity index (χ0v) is 13.8. The van der Waals surface area contributed by atoms with Crippen molar-refractivity contribution >= 4 is 17.2 Å². The predicted molar refractivity (Wildman–Crippen MR) is 87.3 cm³/mol. The van der Waals surface area contributed by atoms with Gasteiger partial charge in [0, 0.05) is 24.4 Å². The number of piperidine rings is 1. The van der Waals surface area contributed by atoms with Crippen LogP contribution in [0.25, 0.3) is 5.52 Å². The van der Waals surface area contributed by atoms with E-state index in [1.807, 2.05) is 11.0 Å². The molecule has 1 atom stereocenters. The first kappa shape index (κ1) is 15.7. The van der Waals surface area contributed by atoms with Crippen LogP contribution in [0.1, 0.15) is 39.3 Å². The van der Waals surface area contributed by atoms with Crippen LogP contribution in [0.2, 0.25) is 0 Å². The third kappa shape index (κ3) is 2.76. The van der Waals surface area contributed by atoms with E-state index in [2.05, 4.69) is 30.9 Å². The lowest BCUT2D eigenvalue weighted by Gasteiger charge is -2.37. The molecule has 0 aromatic carbocycles. The number of aliphatic hydroxyl groups is 1. The SMILES string of the molecule is CC(C)(C)c1cc2c(N3CCCC(O)(C(N)=O)C3)nccn2n1. The maximum atomic E-state index is 11.6. The second-order valence-electron chi connectivity index (χ2n) is 7.28. The van der Waals surface area contributed by atoms with E-state index in [0.29, 0.717) is 12.8 Å². The largest absolute Gasteiger partial charge is 0.378 e. The number of nitrogens with two attached hydrogens (primary N) is 1. The Bertz CT molecular complexity index is 748. The topological polar surface area (TPSA) is 96.8 Å². The van der Waals surface area contributed by atoms with Gasteiger partial charge in [0.05, 0.1) is 12.2 Å². The molecule has 7 heteroatoms. The number of nitrogens with zero attached hydrogens (tertiary/aromatic N) is 4. The molecule has 0 spiro atoms. The van der Waals surface area contributed by atoms with Gasteiger partial charge in [0.1, 0.15) is 5.52 Å². The number of aromatic nitrogens is 3. The lowest BCUT2D eigenvalue weighted by atomic mass is 9.91. The Morgan fingerprint density at radius 2 is 2.17 bits per heavy atom. The van der Waals surface area contributed by atoms with Gasteiger partial charge in [-0.1, -0.05) is 20.8 Å². The first-order valence-corrected chi connectivity index (χ1v) is 7.83. The Morgan fingerprint density at radius 3 is 2.83 bits per heavy atom. The molecule has 1 amide bonds. The molecule has 2 aromatic rings. The van der Waals surface area contributed by atoms with Crippen molar-refractivity contribution in [3.8, 4) is 0 Å². The summed E-state index contributed by atoms with van der Waals surface area (Å²) in [6.07, 6.45) is 4.55. The highest BCUT2D eigenvalue weighted by atomic mass is 16.3. The van der Waals surface area contributed by atoms with Crippen LogP contribution in [0, 0.1) is 0 Å². The summed E-state index contributed by atoms with van der Waals surface area (Å²) in [4.78, 5) is 17.9. The van der Waals surface area contributed by atoms with Gasteiger partial charge in [-0.25, -0.2) is 9.50 Å². The number of fused-ring (bicyclic) bond motifs is 1. The predicted octanol–water partition coefficient (Wildman–Crippen LogP) is 0.843. The summed E-state index contributed by atoms with van der Waals surface area (Å²) in [5.41, 5.74) is 5.62. The standard InChI is InChI=1S/C16H23N5O2/c1-15(2,3)12-9-11-13(18-6-8-21(11)19-12)20-7-4-5-16(23,10-20)14(17)22/h6,8-9,23H,4-5,7,10H2,1-3H3,(H2,17,22). The quantitative estimate of drug-likeness (QED) is 0.855. The van der Waals surface area contributed by atoms with Gasteiger partial charge in [0.2, 0.25) is 0 Å². The van der Waals surface area contributed by atoms with Crippen LogP contribution >= 0.6 is 0 Å². The third-order valence-electron chi connectivity index (χ3n) is 4.37. The molecule has 0 radical (unpaired) electrons. The number of hydrogen-bond acceptors (Lipinski definition) is 5. The maximum Gasteiger partial charge on any atom is 0.251 e. The number of amides is 1. The molecule has 1 aliphatic rings. The Kier molecular flexibility index (Phi) is 3.55. The zero-order valence-electron chi connectivity index (χ0n) is 13.8. The molecule has 0 bridgehead atoms. The second-order valence-corrected chi connectivity index (χ2v) is 7.28. The molecule has 7 nitrogen and oxygen atoms in total. The molecule has 1 fully saturated rings. The van der Waals surface area contributed by atoms with E-state index < -0.39 is 11.5 Å². The van der Waals surface area contributed by atoms with Gasteiger partial charge in [0.25, 0.3) is 5.91 Å². The third-order valence-corrected chi connectivity index (χ3v) is 4.37. The van der Waals surface area contributed by atoms with Gasteiger partial charge in [0.15, 0.2) is 11.4 Å². The van der Waals surface area contributed by atoms with Crippen molar-refractivity contribution in [2.24, 2.45) is 5.73 Å². The molecule has 3 rings (SSSR count). The first-order chi connectivity index (χ1) is 10.7. The van der Waals surface area contributed by atoms with E-state index in [4.69, 9.17) is 5.73 Å². The van der Waals surface area contributed by atoms with Gasteiger partial charge in [-0.15, -0.1) is 0 Å². The van der Waals surface area contributed by atoms with Crippen LogP contribution in [-0.2, 0) is 10.2 Å². The number of carbonyl (C=O) groups excluding carboxylic acids is 1. The highest BCUT2D eigenvalue weighted by Gasteiger charge is 2.39. The molecule has 124 valence electrons. The van der Waals surface area contributed by atoms with Gasteiger partial charge in [-0.05, 0) is 18.9 Å². The van der Waals surface area contributed by atoms with Crippen molar-refractivity contribution in [3.05, 3.63) is 24.2 Å². The smallest absolute Gasteiger partial charge is 0.251 e. The molecule has 23 heavy (non-hydrogen) atoms. The van der Waals surface area contributed by atoms with E-state index in [9.17, 15) is 9.90 Å². The Hall–Kier alpha value is -2.15. The fourth-order valence-electron chi connectivity index (χ4n) is 2.94. The zero-order chi connectivity index (χ0) is 16.8. The lowest BCUT2D eigenvalue weighted by Crippen LogP contribution is -2.56. The Balaban J connectivity index is 2.03. The van der Waals surface area contributed by atoms with Crippen molar-refractivity contribution in [1.82, 2.24) is 14.6 Å². The van der Waals surface area contributed by atoms with Crippen molar-refractivity contribution in [3.63, 3.8) is 0 Å². The fourth-order valence-corrected chi connectivity index (χ4v) is 2.94. The summed E-state index contributed by atoms with van der Waals surface area (Å²) in [5.74, 6) is 0.0351. The van der Waals surface area contributed by atoms with Crippen molar-refractivity contribution in [2.45, 2.75) is 44.6 Å². The molecular formula is C16H23N5O2. The summed E-state index contributed by atoms with van der Waals surface area (Å²) >= 11 is 0. The van der Waals surface area contributed by atoms with E-state index in [1.54, 1.807) is 16.9 Å². The van der Waals surface area contributed by atoms with Gasteiger partial charge in [-0.2, -0.15) is 5.10 Å². The number of β-amino-alcohol motifs (C(OH)–C–C–N with tert-alkyl or cyclic N) is 1. The number of primary amides is 1. The van der Waals surface area contributed by atoms with E-state index in [-0.39, 0.29) is 12.0 Å². The summed E-state index contributed by atoms with van der Waals surface area (Å²) in [5, 5.41) is 15.0. The van der Waals surface area contributed by atoms with Gasteiger partial charge < -0.3 is 15.7 Å². The Labute approximate surface area is 135 Å². The second kappa shape index (κ2) is 5.19. The van der Waals surface area contributed by atoms with E-state index in [0.717, 1.165) is 23.6 Å². The molecule has 2 aromatic heterocycles. The van der Waals surface area contributed by atoms with Crippen LogP contribution in [-0.4, -0.2) is 44.3 Å². The summed E-state index contributed by atoms with van der Waals surface area (Å²) < 4.78 is 1.79. The van der Waals surface area contributed by atoms with Crippen molar-refractivity contribution in [1.29, 1.82) is 0 Å². The number of hydrogen-bond donors (Lipinski definition) is 2. The molecule has 1 saturated heterocycles. The molecular weight excluding hydrogens is 294 g/mol. The van der Waals surface area contributed by atoms with Gasteiger partial charge in [-0.3, -0.25) is 4.79 Å². The van der Waals surface area contributed by atoms with Crippen molar-refractivity contribution in [2.75, 3.05) is 18.0 Å². The summed E-state index contributed by atoms with van der Waals surface area (Å²) in [6.45, 7) is 7.20. The van der Waals surface area contributed by atoms with E-state index in [1.165, 1.54) is 0 Å². The number of rotatable bonds is 2. The average Bonchev–Trinajstić information content (AvgIpc) is 2.91. The molecule has 3 N–H and O–H groups in total. The minimum absolute atomic E-state index is 0.0703. The Morgan fingerprint density at radius 1 is 1.43 bits per heavy atom. The van der Waals surface area contributed by atoms with Crippen LogP contribution < -0.4 is 10.6 Å². The van der Waals surface area contributed by atoms with Crippen LogP contribution in [0.3, 0.4) is 0 Å². The van der Waals surface area contributed by atoms with Crippen LogP contribution in [0.15, 0.2) is 18.5 Å². The summed E-state index contributed by atoms with van der Waals surface area (Å²) in [7, 11) is 0. The highest BCUT2D eigenvalue weighted by molar-refractivity contribution is 5.84. The minimum atomic E-state index is -1.50. The molecule has 1 unspecified atom stereocenters. The first-order valence-electron chi connectivity index (χ1n) is 7.83. The molecule has 0 saturated carbocycles. The lowest BCUT2D eigenvalue weighted by molar-refractivity contribution is -0.137. The summed E-state index contributed by atoms with van der Waals surface area (Å²) in [6, 6.07) is 2.01. The van der Waals surface area contributed by atoms with E-state index >= 15 is 0 Å². The molecule has 3 heterocycles. The van der Waals surface area contributed by atoms with Crippen LogP contribution in [0.4, 0.5) is 5.82 Å². The molecule has 1 aliphatic heterocycles. The average molecular weight is 317 g/mol. The maximum absolute atomic E-state index is 11.6. The monoisotopic (exact) mass is 317 g/mol. The number of anilines is 1. The minimum Gasteiger partial charge on any atom is -0.378 e. The highest BCUT2D eigenvalue weighted by Crippen LogP contribution is 2.30. The fraction of sp³-hybridized carbons (Fsp3) is 0.562. The van der Waals surface area contributed by atoms with Crippen LogP contribution in [0.5, 0.6) is 0 Å². The van der Waals surface area contributed by atoms with Gasteiger partial charge >= 0.3 is 0 Å².